The Hall–Kier alpha value is -3.28. The predicted molar refractivity (Wildman–Crippen MR) is 84.1 cm³/mol. The number of benzene rings is 2. The lowest BCUT2D eigenvalue weighted by molar-refractivity contribution is 0.0697. The van der Waals surface area contributed by atoms with Crippen LogP contribution in [0.5, 0.6) is 0 Å². The number of aromatic carboxylic acids is 1. The third-order valence-electron chi connectivity index (χ3n) is 3.17. The maximum absolute atomic E-state index is 13.9. The number of aromatic nitrogens is 2. The molecule has 0 fully saturated rings. The second-order valence-electron chi connectivity index (χ2n) is 4.73. The molecule has 6 heteroatoms. The molecule has 2 aromatic carbocycles. The normalized spacial score (nSPS) is 10.3. The van der Waals surface area contributed by atoms with Crippen molar-refractivity contribution in [2.24, 2.45) is 0 Å². The third kappa shape index (κ3) is 3.16. The van der Waals surface area contributed by atoms with Gasteiger partial charge in [0.15, 0.2) is 5.82 Å². The smallest absolute Gasteiger partial charge is 0.341 e. The van der Waals surface area contributed by atoms with Crippen LogP contribution in [-0.2, 0) is 0 Å². The van der Waals surface area contributed by atoms with Crippen molar-refractivity contribution in [1.29, 1.82) is 0 Å². The minimum Gasteiger partial charge on any atom is -0.477 e. The molecule has 0 aliphatic rings. The first-order valence-corrected chi connectivity index (χ1v) is 6.82. The van der Waals surface area contributed by atoms with Gasteiger partial charge in [0, 0.05) is 11.9 Å². The molecular weight excluding hydrogens is 297 g/mol. The van der Waals surface area contributed by atoms with Crippen LogP contribution in [-0.4, -0.2) is 21.0 Å². The minimum atomic E-state index is -1.16. The van der Waals surface area contributed by atoms with Gasteiger partial charge in [-0.1, -0.05) is 30.3 Å². The molecule has 3 aromatic rings. The number of carboxylic acid groups (broad SMARTS) is 1. The van der Waals surface area contributed by atoms with Crippen molar-refractivity contribution in [2.45, 2.75) is 0 Å². The molecule has 0 aliphatic carbocycles. The van der Waals surface area contributed by atoms with Crippen LogP contribution in [0.4, 0.5) is 15.9 Å². The van der Waals surface area contributed by atoms with E-state index in [9.17, 15) is 14.3 Å². The van der Waals surface area contributed by atoms with Gasteiger partial charge in [0.2, 0.25) is 0 Å². The Bertz CT molecular complexity index is 853. The minimum absolute atomic E-state index is 0.0889. The summed E-state index contributed by atoms with van der Waals surface area (Å²) < 4.78 is 13.9. The van der Waals surface area contributed by atoms with Crippen molar-refractivity contribution in [3.63, 3.8) is 0 Å². The zero-order valence-electron chi connectivity index (χ0n) is 11.9. The highest BCUT2D eigenvalue weighted by atomic mass is 19.1. The average Bonchev–Trinajstić information content (AvgIpc) is 2.56. The summed E-state index contributed by atoms with van der Waals surface area (Å²) in [5, 5.41) is 12.2. The van der Waals surface area contributed by atoms with E-state index < -0.39 is 11.8 Å². The Morgan fingerprint density at radius 2 is 1.74 bits per heavy atom. The highest BCUT2D eigenvalue weighted by Gasteiger charge is 2.16. The fourth-order valence-corrected chi connectivity index (χ4v) is 2.06. The molecule has 0 bridgehead atoms. The van der Waals surface area contributed by atoms with E-state index in [0.717, 1.165) is 0 Å². The quantitative estimate of drug-likeness (QED) is 0.768. The standard InChI is InChI=1S/C17H12FN3O2/c18-14-9-5-4-8-12(14)15-19-10-13(17(22)23)16(21-15)20-11-6-2-1-3-7-11/h1-10H,(H,22,23)(H,19,20,21). The number of nitrogens with one attached hydrogen (secondary N) is 1. The number of carbonyl (C=O) groups is 1. The van der Waals surface area contributed by atoms with Crippen LogP contribution in [0.25, 0.3) is 11.4 Å². The zero-order valence-corrected chi connectivity index (χ0v) is 11.9. The van der Waals surface area contributed by atoms with E-state index in [-0.39, 0.29) is 22.8 Å². The SMILES string of the molecule is O=C(O)c1cnc(-c2ccccc2F)nc1Nc1ccccc1. The van der Waals surface area contributed by atoms with Crippen LogP contribution in [0, 0.1) is 5.82 Å². The molecule has 5 nitrogen and oxygen atoms in total. The topological polar surface area (TPSA) is 75.1 Å². The van der Waals surface area contributed by atoms with E-state index in [1.54, 1.807) is 24.3 Å². The van der Waals surface area contributed by atoms with Gasteiger partial charge in [0.1, 0.15) is 17.2 Å². The van der Waals surface area contributed by atoms with E-state index in [4.69, 9.17) is 0 Å². The van der Waals surface area contributed by atoms with Gasteiger partial charge in [0.05, 0.1) is 5.56 Å². The number of halogens is 1. The van der Waals surface area contributed by atoms with Gasteiger partial charge in [-0.15, -0.1) is 0 Å². The van der Waals surface area contributed by atoms with E-state index in [2.05, 4.69) is 15.3 Å². The molecule has 0 spiro atoms. The Morgan fingerprint density at radius 3 is 2.43 bits per heavy atom. The second kappa shape index (κ2) is 6.23. The largest absolute Gasteiger partial charge is 0.477 e. The number of hydrogen-bond acceptors (Lipinski definition) is 4. The van der Waals surface area contributed by atoms with Crippen LogP contribution in [0.3, 0.4) is 0 Å². The van der Waals surface area contributed by atoms with Crippen LogP contribution in [0.1, 0.15) is 10.4 Å². The van der Waals surface area contributed by atoms with Crippen molar-refractivity contribution >= 4 is 17.5 Å². The summed E-state index contributed by atoms with van der Waals surface area (Å²) in [7, 11) is 0. The number of carboxylic acids is 1. The lowest BCUT2D eigenvalue weighted by Gasteiger charge is -2.10. The maximum atomic E-state index is 13.9. The molecule has 0 aliphatic heterocycles. The van der Waals surface area contributed by atoms with Crippen molar-refractivity contribution < 1.29 is 14.3 Å². The van der Waals surface area contributed by atoms with Crippen molar-refractivity contribution in [3.8, 4) is 11.4 Å². The Morgan fingerprint density at radius 1 is 1.04 bits per heavy atom. The number of nitrogens with zero attached hydrogens (tertiary/aromatic N) is 2. The second-order valence-corrected chi connectivity index (χ2v) is 4.73. The van der Waals surface area contributed by atoms with Gasteiger partial charge in [-0.3, -0.25) is 0 Å². The predicted octanol–water partition coefficient (Wildman–Crippen LogP) is 3.72. The summed E-state index contributed by atoms with van der Waals surface area (Å²) in [4.78, 5) is 19.5. The van der Waals surface area contributed by atoms with Crippen LogP contribution < -0.4 is 5.32 Å². The third-order valence-corrected chi connectivity index (χ3v) is 3.17. The van der Waals surface area contributed by atoms with Gasteiger partial charge >= 0.3 is 5.97 Å². The zero-order chi connectivity index (χ0) is 16.2. The highest BCUT2D eigenvalue weighted by Crippen LogP contribution is 2.24. The molecule has 0 saturated carbocycles. The van der Waals surface area contributed by atoms with Gasteiger partial charge in [-0.2, -0.15) is 0 Å². The van der Waals surface area contributed by atoms with Crippen molar-refractivity contribution in [2.75, 3.05) is 5.32 Å². The number of rotatable bonds is 4. The lowest BCUT2D eigenvalue weighted by Crippen LogP contribution is -2.07. The summed E-state index contributed by atoms with van der Waals surface area (Å²) in [6.45, 7) is 0. The molecule has 1 aromatic heterocycles. The maximum Gasteiger partial charge on any atom is 0.341 e. The fourth-order valence-electron chi connectivity index (χ4n) is 2.06. The van der Waals surface area contributed by atoms with Crippen LogP contribution >= 0.6 is 0 Å². The van der Waals surface area contributed by atoms with E-state index in [0.29, 0.717) is 5.69 Å². The molecule has 3 rings (SSSR count). The number of hydrogen-bond donors (Lipinski definition) is 2. The van der Waals surface area contributed by atoms with E-state index in [1.165, 1.54) is 18.3 Å². The lowest BCUT2D eigenvalue weighted by atomic mass is 10.2. The van der Waals surface area contributed by atoms with Gasteiger partial charge in [-0.05, 0) is 24.3 Å². The van der Waals surface area contributed by atoms with E-state index >= 15 is 0 Å². The van der Waals surface area contributed by atoms with Gasteiger partial charge in [-0.25, -0.2) is 19.2 Å². The monoisotopic (exact) mass is 309 g/mol. The summed E-state index contributed by atoms with van der Waals surface area (Å²) in [5.41, 5.74) is 0.794. The molecule has 0 amide bonds. The molecule has 0 unspecified atom stereocenters. The fraction of sp³-hybridized carbons (Fsp3) is 0. The molecule has 23 heavy (non-hydrogen) atoms. The number of anilines is 2. The summed E-state index contributed by atoms with van der Waals surface area (Å²) in [6.07, 6.45) is 1.17. The molecule has 1 heterocycles. The molecular formula is C17H12FN3O2. The highest BCUT2D eigenvalue weighted by molar-refractivity contribution is 5.94. The van der Waals surface area contributed by atoms with Crippen LogP contribution in [0.2, 0.25) is 0 Å². The summed E-state index contributed by atoms with van der Waals surface area (Å²) in [5.74, 6) is -1.41. The molecule has 2 N–H and O–H groups in total. The number of para-hydroxylation sites is 1. The Kier molecular flexibility index (Phi) is 3.97. The first kappa shape index (κ1) is 14.6. The summed E-state index contributed by atoms with van der Waals surface area (Å²) >= 11 is 0. The van der Waals surface area contributed by atoms with Gasteiger partial charge < -0.3 is 10.4 Å². The average molecular weight is 309 g/mol. The molecule has 0 saturated heterocycles. The first-order chi connectivity index (χ1) is 11.1. The Balaban J connectivity index is 2.07. The summed E-state index contributed by atoms with van der Waals surface area (Å²) in [6, 6.07) is 15.1. The first-order valence-electron chi connectivity index (χ1n) is 6.82. The molecule has 114 valence electrons. The Labute approximate surface area is 131 Å². The van der Waals surface area contributed by atoms with Gasteiger partial charge in [0.25, 0.3) is 0 Å². The van der Waals surface area contributed by atoms with Crippen molar-refractivity contribution in [1.82, 2.24) is 9.97 Å². The molecule has 0 radical (unpaired) electrons. The van der Waals surface area contributed by atoms with Crippen LogP contribution in [0.15, 0.2) is 60.8 Å². The van der Waals surface area contributed by atoms with E-state index in [1.807, 2.05) is 18.2 Å². The molecule has 0 atom stereocenters. The van der Waals surface area contributed by atoms with Crippen molar-refractivity contribution in [3.05, 3.63) is 72.2 Å².